The third-order valence-corrected chi connectivity index (χ3v) is 7.02. The second-order valence-electron chi connectivity index (χ2n) is 9.84. The van der Waals surface area contributed by atoms with Crippen LogP contribution in [0.5, 0.6) is 23.0 Å². The number of fused-ring (bicyclic) bond motifs is 1. The van der Waals surface area contributed by atoms with Crippen LogP contribution >= 0.6 is 11.6 Å². The lowest BCUT2D eigenvalue weighted by Crippen LogP contribution is -2.37. The molecule has 0 saturated carbocycles. The Morgan fingerprint density at radius 1 is 1.00 bits per heavy atom. The monoisotopic (exact) mass is 652 g/mol. The van der Waals surface area contributed by atoms with Crippen LogP contribution in [0.3, 0.4) is 0 Å². The summed E-state index contributed by atoms with van der Waals surface area (Å²) in [5.74, 6) is -0.305. The third-order valence-electron chi connectivity index (χ3n) is 6.78. The summed E-state index contributed by atoms with van der Waals surface area (Å²) in [5, 5.41) is 12.9. The van der Waals surface area contributed by atoms with E-state index in [4.69, 9.17) is 25.8 Å². The van der Waals surface area contributed by atoms with Gasteiger partial charge in [0.05, 0.1) is 33.1 Å². The van der Waals surface area contributed by atoms with Gasteiger partial charge in [-0.05, 0) is 36.6 Å². The summed E-state index contributed by atoms with van der Waals surface area (Å²) in [6.45, 7) is 0.0237. The Morgan fingerprint density at radius 3 is 2.49 bits per heavy atom. The highest BCUT2D eigenvalue weighted by Gasteiger charge is 2.35. The average molecular weight is 653 g/mol. The number of amides is 1. The number of hydrogen-bond acceptors (Lipinski definition) is 9. The third kappa shape index (κ3) is 9.08. The van der Waals surface area contributed by atoms with Crippen molar-refractivity contribution in [3.05, 3.63) is 70.7 Å². The van der Waals surface area contributed by atoms with Crippen LogP contribution in [0.4, 0.5) is 24.5 Å². The van der Waals surface area contributed by atoms with E-state index in [9.17, 15) is 27.9 Å². The first kappa shape index (κ1) is 33.5. The molecular weight excluding hydrogens is 621 g/mol. The molecule has 0 radical (unpaired) electrons. The van der Waals surface area contributed by atoms with Crippen molar-refractivity contribution in [2.45, 2.75) is 31.7 Å². The number of aliphatic hydroxyl groups excluding tert-OH is 1. The SMILES string of the molecule is COC(=O)CCCOc1cc(NC(C(=O)N2CCc3ccc(OC(F)(F)F)cc32)c2ccc(Cl)cc2OCCO)cc(OC)c1. The maximum Gasteiger partial charge on any atom is 0.573 e. The standard InChI is InChI=1S/C31H32ClF3N2O8/c1-41-23-15-21(16-24(17-23)43-12-3-4-28(39)42-2)36-29(25-8-6-20(32)14-27(25)44-13-11-38)30(40)37-10-9-19-5-7-22(18-26(19)37)45-31(33,34)35/h5-8,14-18,29,36,38H,3-4,9-13H2,1-2H3. The molecule has 1 heterocycles. The lowest BCUT2D eigenvalue weighted by atomic mass is 10.0. The lowest BCUT2D eigenvalue weighted by molar-refractivity contribution is -0.274. The smallest absolute Gasteiger partial charge is 0.497 e. The van der Waals surface area contributed by atoms with Crippen molar-refractivity contribution in [3.8, 4) is 23.0 Å². The molecule has 10 nitrogen and oxygen atoms in total. The lowest BCUT2D eigenvalue weighted by Gasteiger charge is -2.28. The van der Waals surface area contributed by atoms with Crippen molar-refractivity contribution >= 4 is 34.9 Å². The summed E-state index contributed by atoms with van der Waals surface area (Å²) in [6, 6.07) is 12.3. The second kappa shape index (κ2) is 15.1. The van der Waals surface area contributed by atoms with Crippen LogP contribution < -0.4 is 29.2 Å². The number of ether oxygens (including phenoxy) is 5. The molecule has 0 fully saturated rings. The number of halogens is 4. The Hall–Kier alpha value is -4.36. The van der Waals surface area contributed by atoms with Gasteiger partial charge in [-0.1, -0.05) is 23.7 Å². The van der Waals surface area contributed by atoms with Gasteiger partial charge in [-0.3, -0.25) is 9.59 Å². The van der Waals surface area contributed by atoms with Gasteiger partial charge in [0.1, 0.15) is 35.6 Å². The molecule has 4 rings (SSSR count). The fourth-order valence-corrected chi connectivity index (χ4v) is 4.93. The minimum atomic E-state index is -4.90. The second-order valence-corrected chi connectivity index (χ2v) is 10.3. The van der Waals surface area contributed by atoms with Crippen LogP contribution in [0.1, 0.15) is 30.0 Å². The largest absolute Gasteiger partial charge is 0.573 e. The number of carbonyl (C=O) groups excluding carboxylic acids is 2. The van der Waals surface area contributed by atoms with Crippen LogP contribution in [-0.4, -0.2) is 63.9 Å². The van der Waals surface area contributed by atoms with Crippen molar-refractivity contribution in [1.82, 2.24) is 0 Å². The first-order valence-electron chi connectivity index (χ1n) is 13.9. The van der Waals surface area contributed by atoms with E-state index >= 15 is 0 Å². The van der Waals surface area contributed by atoms with Gasteiger partial charge in [-0.2, -0.15) is 0 Å². The Kier molecular flexibility index (Phi) is 11.2. The van der Waals surface area contributed by atoms with Crippen molar-refractivity contribution in [1.29, 1.82) is 0 Å². The van der Waals surface area contributed by atoms with Crippen molar-refractivity contribution in [2.24, 2.45) is 0 Å². The zero-order valence-electron chi connectivity index (χ0n) is 24.5. The molecule has 1 aliphatic rings. The first-order valence-corrected chi connectivity index (χ1v) is 14.3. The van der Waals surface area contributed by atoms with Gasteiger partial charge in [0, 0.05) is 53.5 Å². The number of nitrogens with zero attached hydrogens (tertiary/aromatic N) is 1. The molecule has 14 heteroatoms. The maximum absolute atomic E-state index is 14.3. The summed E-state index contributed by atoms with van der Waals surface area (Å²) in [4.78, 5) is 27.1. The Labute approximate surface area is 262 Å². The molecule has 3 aromatic rings. The predicted octanol–water partition coefficient (Wildman–Crippen LogP) is 5.69. The van der Waals surface area contributed by atoms with E-state index in [1.807, 2.05) is 0 Å². The molecule has 1 amide bonds. The number of benzene rings is 3. The van der Waals surface area contributed by atoms with Gasteiger partial charge in [0.2, 0.25) is 0 Å². The molecule has 0 spiro atoms. The van der Waals surface area contributed by atoms with Gasteiger partial charge in [0.15, 0.2) is 0 Å². The zero-order chi connectivity index (χ0) is 32.6. The molecule has 0 aliphatic carbocycles. The zero-order valence-corrected chi connectivity index (χ0v) is 25.2. The summed E-state index contributed by atoms with van der Waals surface area (Å²) >= 11 is 6.23. The number of nitrogens with one attached hydrogen (secondary N) is 1. The molecule has 2 N–H and O–H groups in total. The fourth-order valence-electron chi connectivity index (χ4n) is 4.77. The molecule has 1 atom stereocenters. The fraction of sp³-hybridized carbons (Fsp3) is 0.355. The topological polar surface area (TPSA) is 116 Å². The first-order chi connectivity index (χ1) is 21.5. The van der Waals surface area contributed by atoms with Gasteiger partial charge in [-0.25, -0.2) is 0 Å². The quantitative estimate of drug-likeness (QED) is 0.167. The average Bonchev–Trinajstić information content (AvgIpc) is 3.43. The molecule has 3 aromatic carbocycles. The summed E-state index contributed by atoms with van der Waals surface area (Å²) in [5.41, 5.74) is 1.72. The Balaban J connectivity index is 1.70. The van der Waals surface area contributed by atoms with Gasteiger partial charge in [-0.15, -0.1) is 13.2 Å². The summed E-state index contributed by atoms with van der Waals surface area (Å²) < 4.78 is 64.6. The molecule has 1 unspecified atom stereocenters. The maximum atomic E-state index is 14.3. The number of methoxy groups -OCH3 is 2. The molecule has 0 aromatic heterocycles. The van der Waals surface area contributed by atoms with Crippen LogP contribution in [-0.2, 0) is 20.7 Å². The summed E-state index contributed by atoms with van der Waals surface area (Å²) in [6.07, 6.45) is -3.92. The minimum Gasteiger partial charge on any atom is -0.497 e. The number of rotatable bonds is 14. The number of carbonyl (C=O) groups is 2. The highest BCUT2D eigenvalue weighted by molar-refractivity contribution is 6.30. The number of alkyl halides is 3. The van der Waals surface area contributed by atoms with E-state index in [1.54, 1.807) is 30.3 Å². The molecule has 0 bridgehead atoms. The predicted molar refractivity (Wildman–Crippen MR) is 159 cm³/mol. The van der Waals surface area contributed by atoms with E-state index < -0.39 is 24.1 Å². The van der Waals surface area contributed by atoms with E-state index in [2.05, 4.69) is 14.8 Å². The Morgan fingerprint density at radius 2 is 1.78 bits per heavy atom. The van der Waals surface area contributed by atoms with Crippen LogP contribution in [0.15, 0.2) is 54.6 Å². The van der Waals surface area contributed by atoms with Crippen molar-refractivity contribution < 1.29 is 51.6 Å². The van der Waals surface area contributed by atoms with E-state index in [-0.39, 0.29) is 50.2 Å². The molecule has 0 saturated heterocycles. The van der Waals surface area contributed by atoms with Crippen LogP contribution in [0, 0.1) is 0 Å². The van der Waals surface area contributed by atoms with Gasteiger partial charge in [0.25, 0.3) is 5.91 Å². The normalized spacial score (nSPS) is 13.1. The molecular formula is C31H32ClF3N2O8. The van der Waals surface area contributed by atoms with E-state index in [1.165, 1.54) is 43.4 Å². The number of esters is 1. The molecule has 1 aliphatic heterocycles. The minimum absolute atomic E-state index is 0.0817. The highest BCUT2D eigenvalue weighted by Crippen LogP contribution is 2.39. The van der Waals surface area contributed by atoms with Gasteiger partial charge >= 0.3 is 12.3 Å². The molecule has 242 valence electrons. The van der Waals surface area contributed by atoms with Gasteiger partial charge < -0.3 is 39.0 Å². The Bertz CT molecular complexity index is 1500. The van der Waals surface area contributed by atoms with Crippen molar-refractivity contribution in [2.75, 3.05) is 50.8 Å². The van der Waals surface area contributed by atoms with E-state index in [0.717, 1.165) is 0 Å². The highest BCUT2D eigenvalue weighted by atomic mass is 35.5. The van der Waals surface area contributed by atoms with E-state index in [0.29, 0.717) is 46.2 Å². The number of anilines is 2. The summed E-state index contributed by atoms with van der Waals surface area (Å²) in [7, 11) is 2.77. The number of hydrogen-bond donors (Lipinski definition) is 2. The van der Waals surface area contributed by atoms with Crippen LogP contribution in [0.2, 0.25) is 5.02 Å². The van der Waals surface area contributed by atoms with Crippen LogP contribution in [0.25, 0.3) is 0 Å². The number of aliphatic hydroxyl groups is 1. The molecule has 45 heavy (non-hydrogen) atoms. The van der Waals surface area contributed by atoms with Crippen molar-refractivity contribution in [3.63, 3.8) is 0 Å².